The first-order valence-corrected chi connectivity index (χ1v) is 6.26. The van der Waals surface area contributed by atoms with Crippen molar-refractivity contribution in [3.8, 4) is 11.5 Å². The fourth-order valence-electron chi connectivity index (χ4n) is 1.78. The lowest BCUT2D eigenvalue weighted by atomic mass is 10.1. The molecule has 0 amide bonds. The van der Waals surface area contributed by atoms with Crippen LogP contribution in [0.2, 0.25) is 0 Å². The molecule has 0 radical (unpaired) electrons. The Hall–Kier alpha value is -2.55. The van der Waals surface area contributed by atoms with Crippen LogP contribution >= 0.6 is 0 Å². The highest BCUT2D eigenvalue weighted by Gasteiger charge is 2.07. The Morgan fingerprint density at radius 2 is 1.85 bits per heavy atom. The molecule has 0 aliphatic carbocycles. The monoisotopic (exact) mass is 268 g/mol. The number of carbonyl (C=O) groups is 1. The van der Waals surface area contributed by atoms with Crippen molar-refractivity contribution >= 4 is 11.9 Å². The second-order valence-corrected chi connectivity index (χ2v) is 4.49. The summed E-state index contributed by atoms with van der Waals surface area (Å²) in [6.45, 7) is 2.02. The van der Waals surface area contributed by atoms with Gasteiger partial charge < -0.3 is 9.84 Å². The average molecular weight is 268 g/mol. The number of carbonyl (C=O) groups excluding carboxylic acids is 1. The number of hydrogen-bond acceptors (Lipinski definition) is 3. The fourth-order valence-corrected chi connectivity index (χ4v) is 1.78. The van der Waals surface area contributed by atoms with Gasteiger partial charge in [0.15, 0.2) is 17.3 Å². The summed E-state index contributed by atoms with van der Waals surface area (Å²) in [6.07, 6.45) is 3.28. The van der Waals surface area contributed by atoms with Gasteiger partial charge in [-0.1, -0.05) is 35.9 Å². The van der Waals surface area contributed by atoms with Crippen LogP contribution in [-0.2, 0) is 0 Å². The molecule has 0 unspecified atom stereocenters. The van der Waals surface area contributed by atoms with Crippen LogP contribution < -0.4 is 4.74 Å². The minimum absolute atomic E-state index is 0.0200. The van der Waals surface area contributed by atoms with Gasteiger partial charge in [0.05, 0.1) is 7.11 Å². The predicted octanol–water partition coefficient (Wildman–Crippen LogP) is 3.61. The van der Waals surface area contributed by atoms with Crippen LogP contribution in [0.5, 0.6) is 11.5 Å². The van der Waals surface area contributed by atoms with Crippen molar-refractivity contribution in [2.45, 2.75) is 6.92 Å². The highest BCUT2D eigenvalue weighted by Crippen LogP contribution is 2.26. The van der Waals surface area contributed by atoms with Crippen molar-refractivity contribution in [3.05, 3.63) is 65.2 Å². The summed E-state index contributed by atoms with van der Waals surface area (Å²) >= 11 is 0. The third kappa shape index (κ3) is 3.26. The molecule has 2 aromatic rings. The van der Waals surface area contributed by atoms with Crippen molar-refractivity contribution in [1.29, 1.82) is 0 Å². The number of ketones is 1. The number of phenols is 1. The molecule has 0 aromatic heterocycles. The van der Waals surface area contributed by atoms with E-state index < -0.39 is 0 Å². The Bertz CT molecular complexity index is 640. The molecule has 0 heterocycles. The Kier molecular flexibility index (Phi) is 4.20. The maximum absolute atomic E-state index is 12.0. The topological polar surface area (TPSA) is 46.5 Å². The minimum Gasteiger partial charge on any atom is -0.504 e. The Balaban J connectivity index is 2.17. The molecular formula is C17H16O3. The van der Waals surface area contributed by atoms with E-state index in [0.29, 0.717) is 11.3 Å². The maximum atomic E-state index is 12.0. The van der Waals surface area contributed by atoms with Crippen LogP contribution in [0.4, 0.5) is 0 Å². The van der Waals surface area contributed by atoms with E-state index in [0.717, 1.165) is 5.56 Å². The Morgan fingerprint density at radius 3 is 2.50 bits per heavy atom. The molecular weight excluding hydrogens is 252 g/mol. The molecule has 1 N–H and O–H groups in total. The third-order valence-electron chi connectivity index (χ3n) is 2.97. The van der Waals surface area contributed by atoms with E-state index in [2.05, 4.69) is 0 Å². The van der Waals surface area contributed by atoms with E-state index in [1.54, 1.807) is 12.1 Å². The van der Waals surface area contributed by atoms with E-state index in [4.69, 9.17) is 4.74 Å². The van der Waals surface area contributed by atoms with Gasteiger partial charge in [0, 0.05) is 5.56 Å². The third-order valence-corrected chi connectivity index (χ3v) is 2.97. The lowest BCUT2D eigenvalue weighted by molar-refractivity contribution is 0.104. The van der Waals surface area contributed by atoms with E-state index in [-0.39, 0.29) is 11.5 Å². The van der Waals surface area contributed by atoms with Crippen molar-refractivity contribution in [2.75, 3.05) is 7.11 Å². The number of phenolic OH excluding ortho intramolecular Hbond substituents is 1. The zero-order valence-electron chi connectivity index (χ0n) is 11.5. The second kappa shape index (κ2) is 6.06. The van der Waals surface area contributed by atoms with Crippen LogP contribution in [0.25, 0.3) is 6.08 Å². The number of benzene rings is 2. The van der Waals surface area contributed by atoms with E-state index in [9.17, 15) is 9.90 Å². The molecule has 0 atom stereocenters. The molecule has 0 saturated heterocycles. The van der Waals surface area contributed by atoms with Crippen molar-refractivity contribution in [2.24, 2.45) is 0 Å². The number of allylic oxidation sites excluding steroid dienone is 1. The summed E-state index contributed by atoms with van der Waals surface area (Å²) in [6, 6.07) is 12.4. The fraction of sp³-hybridized carbons (Fsp3) is 0.118. The Morgan fingerprint density at radius 1 is 1.15 bits per heavy atom. The molecule has 0 bridgehead atoms. The lowest BCUT2D eigenvalue weighted by Crippen LogP contribution is -1.95. The van der Waals surface area contributed by atoms with Gasteiger partial charge in [0.1, 0.15) is 0 Å². The normalized spacial score (nSPS) is 10.7. The van der Waals surface area contributed by atoms with Crippen molar-refractivity contribution in [1.82, 2.24) is 0 Å². The van der Waals surface area contributed by atoms with Crippen molar-refractivity contribution in [3.63, 3.8) is 0 Å². The first-order chi connectivity index (χ1) is 9.60. The maximum Gasteiger partial charge on any atom is 0.185 e. The molecule has 0 fully saturated rings. The lowest BCUT2D eigenvalue weighted by Gasteiger charge is -2.04. The van der Waals surface area contributed by atoms with Crippen LogP contribution in [0, 0.1) is 6.92 Å². The zero-order chi connectivity index (χ0) is 14.5. The number of rotatable bonds is 4. The van der Waals surface area contributed by atoms with E-state index in [1.165, 1.54) is 30.9 Å². The molecule has 2 rings (SSSR count). The molecule has 102 valence electrons. The molecule has 3 heteroatoms. The van der Waals surface area contributed by atoms with Crippen molar-refractivity contribution < 1.29 is 14.6 Å². The summed E-state index contributed by atoms with van der Waals surface area (Å²) in [7, 11) is 1.45. The van der Waals surface area contributed by atoms with Gasteiger partial charge in [-0.2, -0.15) is 0 Å². The molecule has 0 saturated carbocycles. The number of ether oxygens (including phenoxy) is 1. The number of methoxy groups -OCH3 is 1. The second-order valence-electron chi connectivity index (χ2n) is 4.49. The molecule has 0 aliphatic heterocycles. The van der Waals surface area contributed by atoms with Crippen LogP contribution in [0.1, 0.15) is 21.5 Å². The SMILES string of the molecule is COc1cc(C(=O)/C=C/c2ccc(C)cc2)ccc1O. The number of aryl methyl sites for hydroxylation is 1. The standard InChI is InChI=1S/C17H16O3/c1-12-3-5-13(6-4-12)7-9-15(18)14-8-10-16(19)17(11-14)20-2/h3-11,19H,1-2H3/b9-7+. The highest BCUT2D eigenvalue weighted by atomic mass is 16.5. The smallest absolute Gasteiger partial charge is 0.185 e. The zero-order valence-corrected chi connectivity index (χ0v) is 11.5. The van der Waals surface area contributed by atoms with Gasteiger partial charge >= 0.3 is 0 Å². The quantitative estimate of drug-likeness (QED) is 0.680. The van der Waals surface area contributed by atoms with E-state index >= 15 is 0 Å². The van der Waals surface area contributed by atoms with Crippen LogP contribution in [-0.4, -0.2) is 18.0 Å². The largest absolute Gasteiger partial charge is 0.504 e. The molecule has 3 nitrogen and oxygen atoms in total. The minimum atomic E-state index is -0.135. The summed E-state index contributed by atoms with van der Waals surface area (Å²) in [5.74, 6) is 0.176. The average Bonchev–Trinajstić information content (AvgIpc) is 2.47. The van der Waals surface area contributed by atoms with Crippen LogP contribution in [0.15, 0.2) is 48.5 Å². The Labute approximate surface area is 118 Å². The summed E-state index contributed by atoms with van der Waals surface area (Å²) in [4.78, 5) is 12.0. The molecule has 0 spiro atoms. The summed E-state index contributed by atoms with van der Waals surface area (Å²) in [5, 5.41) is 9.50. The molecule has 2 aromatic carbocycles. The number of hydrogen-bond donors (Lipinski definition) is 1. The first kappa shape index (κ1) is 13.9. The first-order valence-electron chi connectivity index (χ1n) is 6.26. The summed E-state index contributed by atoms with van der Waals surface area (Å²) < 4.78 is 4.99. The van der Waals surface area contributed by atoms with Crippen LogP contribution in [0.3, 0.4) is 0 Å². The van der Waals surface area contributed by atoms with Gasteiger partial charge in [0.25, 0.3) is 0 Å². The summed E-state index contributed by atoms with van der Waals surface area (Å²) in [5.41, 5.74) is 2.62. The molecule has 20 heavy (non-hydrogen) atoms. The van der Waals surface area contributed by atoms with Gasteiger partial charge in [0.2, 0.25) is 0 Å². The van der Waals surface area contributed by atoms with Gasteiger partial charge in [-0.05, 0) is 36.8 Å². The van der Waals surface area contributed by atoms with E-state index in [1.807, 2.05) is 31.2 Å². The number of aromatic hydroxyl groups is 1. The van der Waals surface area contributed by atoms with Gasteiger partial charge in [-0.25, -0.2) is 0 Å². The molecule has 0 aliphatic rings. The highest BCUT2D eigenvalue weighted by molar-refractivity contribution is 6.07. The predicted molar refractivity (Wildman–Crippen MR) is 79.2 cm³/mol. The van der Waals surface area contributed by atoms with Gasteiger partial charge in [-0.3, -0.25) is 4.79 Å². The van der Waals surface area contributed by atoms with Gasteiger partial charge in [-0.15, -0.1) is 0 Å².